The summed E-state index contributed by atoms with van der Waals surface area (Å²) in [6.07, 6.45) is 5.08. The van der Waals surface area contributed by atoms with Crippen molar-refractivity contribution in [2.45, 2.75) is 32.7 Å². The predicted molar refractivity (Wildman–Crippen MR) is 65.9 cm³/mol. The summed E-state index contributed by atoms with van der Waals surface area (Å²) in [6, 6.07) is 0.274. The highest BCUT2D eigenvalue weighted by molar-refractivity contribution is 6.29. The van der Waals surface area contributed by atoms with Gasteiger partial charge in [-0.15, -0.1) is 0 Å². The van der Waals surface area contributed by atoms with Crippen LogP contribution in [0.2, 0.25) is 5.15 Å². The van der Waals surface area contributed by atoms with Gasteiger partial charge < -0.3 is 4.90 Å². The number of rotatable bonds is 1. The molecule has 2 atom stereocenters. The highest BCUT2D eigenvalue weighted by atomic mass is 35.5. The van der Waals surface area contributed by atoms with Crippen LogP contribution in [0.25, 0.3) is 0 Å². The number of carbonyl (C=O) groups excluding carboxylic acids is 1. The third kappa shape index (κ3) is 2.75. The van der Waals surface area contributed by atoms with Crippen LogP contribution < -0.4 is 0 Å². The van der Waals surface area contributed by atoms with Crippen molar-refractivity contribution in [3.8, 4) is 0 Å². The van der Waals surface area contributed by atoms with Gasteiger partial charge in [0.25, 0.3) is 5.91 Å². The molecule has 1 aliphatic rings. The number of likely N-dealkylation sites (tertiary alicyclic amines) is 1. The van der Waals surface area contributed by atoms with Crippen LogP contribution in [-0.2, 0) is 0 Å². The zero-order valence-corrected chi connectivity index (χ0v) is 10.8. The van der Waals surface area contributed by atoms with Crippen LogP contribution >= 0.6 is 11.6 Å². The molecule has 2 heterocycles. The highest BCUT2D eigenvalue weighted by Gasteiger charge is 2.28. The molecule has 0 aliphatic carbocycles. The SMILES string of the molecule is CC1CCC(C)N(C(=O)c2cnc(Cl)cn2)C1. The molecule has 0 bridgehead atoms. The van der Waals surface area contributed by atoms with Gasteiger partial charge in [-0.1, -0.05) is 18.5 Å². The molecule has 92 valence electrons. The van der Waals surface area contributed by atoms with E-state index < -0.39 is 0 Å². The first-order valence-corrected chi connectivity index (χ1v) is 6.24. The summed E-state index contributed by atoms with van der Waals surface area (Å²) in [5.41, 5.74) is 0.371. The number of halogens is 1. The Balaban J connectivity index is 2.15. The number of amides is 1. The molecule has 17 heavy (non-hydrogen) atoms. The fraction of sp³-hybridized carbons (Fsp3) is 0.583. The fourth-order valence-corrected chi connectivity index (χ4v) is 2.24. The number of hydrogen-bond acceptors (Lipinski definition) is 3. The first kappa shape index (κ1) is 12.3. The highest BCUT2D eigenvalue weighted by Crippen LogP contribution is 2.22. The molecule has 2 rings (SSSR count). The molecule has 0 aromatic carbocycles. The maximum Gasteiger partial charge on any atom is 0.274 e. The maximum absolute atomic E-state index is 12.2. The summed E-state index contributed by atoms with van der Waals surface area (Å²) in [4.78, 5) is 22.1. The molecule has 4 nitrogen and oxygen atoms in total. The van der Waals surface area contributed by atoms with Gasteiger partial charge in [0.15, 0.2) is 0 Å². The van der Waals surface area contributed by atoms with Crippen molar-refractivity contribution < 1.29 is 4.79 Å². The zero-order chi connectivity index (χ0) is 12.4. The van der Waals surface area contributed by atoms with Crippen molar-refractivity contribution in [2.24, 2.45) is 5.92 Å². The molecule has 1 aromatic heterocycles. The van der Waals surface area contributed by atoms with E-state index in [-0.39, 0.29) is 11.9 Å². The van der Waals surface area contributed by atoms with E-state index in [1.165, 1.54) is 18.8 Å². The van der Waals surface area contributed by atoms with Gasteiger partial charge in [0.2, 0.25) is 0 Å². The monoisotopic (exact) mass is 253 g/mol. The van der Waals surface area contributed by atoms with Gasteiger partial charge in [-0.2, -0.15) is 0 Å². The third-order valence-corrected chi connectivity index (χ3v) is 3.41. The number of carbonyl (C=O) groups is 1. The quantitative estimate of drug-likeness (QED) is 0.772. The van der Waals surface area contributed by atoms with E-state index in [1.807, 2.05) is 4.90 Å². The van der Waals surface area contributed by atoms with Crippen LogP contribution in [0.1, 0.15) is 37.2 Å². The largest absolute Gasteiger partial charge is 0.334 e. The number of piperidine rings is 1. The fourth-order valence-electron chi connectivity index (χ4n) is 2.14. The number of aromatic nitrogens is 2. The second kappa shape index (κ2) is 5.00. The van der Waals surface area contributed by atoms with E-state index in [1.54, 1.807) is 0 Å². The Morgan fingerprint density at radius 1 is 1.35 bits per heavy atom. The molecular weight excluding hydrogens is 238 g/mol. The third-order valence-electron chi connectivity index (χ3n) is 3.22. The summed E-state index contributed by atoms with van der Waals surface area (Å²) >= 11 is 5.66. The van der Waals surface area contributed by atoms with Crippen LogP contribution in [0.3, 0.4) is 0 Å². The predicted octanol–water partition coefficient (Wildman–Crippen LogP) is 2.39. The number of hydrogen-bond donors (Lipinski definition) is 0. The van der Waals surface area contributed by atoms with E-state index in [0.717, 1.165) is 13.0 Å². The Morgan fingerprint density at radius 3 is 2.76 bits per heavy atom. The van der Waals surface area contributed by atoms with Crippen molar-refractivity contribution in [3.63, 3.8) is 0 Å². The van der Waals surface area contributed by atoms with Gasteiger partial charge in [0.05, 0.1) is 12.4 Å². The van der Waals surface area contributed by atoms with Gasteiger partial charge in [-0.3, -0.25) is 4.79 Å². The number of nitrogens with zero attached hydrogens (tertiary/aromatic N) is 3. The van der Waals surface area contributed by atoms with Gasteiger partial charge in [-0.25, -0.2) is 9.97 Å². The lowest BCUT2D eigenvalue weighted by Crippen LogP contribution is -2.45. The Hall–Kier alpha value is -1.16. The smallest absolute Gasteiger partial charge is 0.274 e. The summed E-state index contributed by atoms with van der Waals surface area (Å²) < 4.78 is 0. The van der Waals surface area contributed by atoms with E-state index >= 15 is 0 Å². The van der Waals surface area contributed by atoms with Gasteiger partial charge in [0, 0.05) is 12.6 Å². The molecule has 0 N–H and O–H groups in total. The van der Waals surface area contributed by atoms with Crippen molar-refractivity contribution >= 4 is 17.5 Å². The molecule has 0 saturated carbocycles. The van der Waals surface area contributed by atoms with Crippen molar-refractivity contribution in [1.82, 2.24) is 14.9 Å². The second-order valence-electron chi connectivity index (χ2n) is 4.71. The first-order valence-electron chi connectivity index (χ1n) is 5.86. The summed E-state index contributed by atoms with van der Waals surface area (Å²) in [5.74, 6) is 0.503. The maximum atomic E-state index is 12.2. The van der Waals surface area contributed by atoms with Gasteiger partial charge >= 0.3 is 0 Å². The molecule has 1 saturated heterocycles. The topological polar surface area (TPSA) is 46.1 Å². The minimum Gasteiger partial charge on any atom is -0.334 e. The van der Waals surface area contributed by atoms with E-state index in [4.69, 9.17) is 11.6 Å². The van der Waals surface area contributed by atoms with Crippen molar-refractivity contribution in [3.05, 3.63) is 23.2 Å². The zero-order valence-electron chi connectivity index (χ0n) is 10.1. The molecule has 1 aliphatic heterocycles. The molecule has 1 aromatic rings. The average Bonchev–Trinajstić information content (AvgIpc) is 2.32. The minimum absolute atomic E-state index is 0.0479. The lowest BCUT2D eigenvalue weighted by atomic mass is 9.95. The molecule has 1 amide bonds. The lowest BCUT2D eigenvalue weighted by molar-refractivity contribution is 0.0567. The van der Waals surface area contributed by atoms with Gasteiger partial charge in [0.1, 0.15) is 10.8 Å². The van der Waals surface area contributed by atoms with Crippen LogP contribution in [-0.4, -0.2) is 33.4 Å². The summed E-state index contributed by atoms with van der Waals surface area (Å²) in [5, 5.41) is 0.307. The molecule has 5 heteroatoms. The summed E-state index contributed by atoms with van der Waals surface area (Å²) in [6.45, 7) is 5.04. The molecule has 1 fully saturated rings. The molecule has 0 spiro atoms. The first-order chi connectivity index (χ1) is 8.08. The van der Waals surface area contributed by atoms with Crippen molar-refractivity contribution in [1.29, 1.82) is 0 Å². The molecular formula is C12H16ClN3O. The van der Waals surface area contributed by atoms with E-state index in [9.17, 15) is 4.79 Å². The van der Waals surface area contributed by atoms with E-state index in [0.29, 0.717) is 16.8 Å². The Kier molecular flexibility index (Phi) is 3.62. The normalized spacial score (nSPS) is 24.8. The summed E-state index contributed by atoms with van der Waals surface area (Å²) in [7, 11) is 0. The van der Waals surface area contributed by atoms with Crippen LogP contribution in [0.4, 0.5) is 0 Å². The molecule has 2 unspecified atom stereocenters. The standard InChI is InChI=1S/C12H16ClN3O/c1-8-3-4-9(2)16(7-8)12(17)10-5-15-11(13)6-14-10/h5-6,8-9H,3-4,7H2,1-2H3. The minimum atomic E-state index is -0.0479. The van der Waals surface area contributed by atoms with E-state index in [2.05, 4.69) is 23.8 Å². The Labute approximate surface area is 106 Å². The average molecular weight is 254 g/mol. The van der Waals surface area contributed by atoms with Gasteiger partial charge in [-0.05, 0) is 25.7 Å². The Bertz CT molecular complexity index is 407. The van der Waals surface area contributed by atoms with Crippen LogP contribution in [0.5, 0.6) is 0 Å². The molecule has 0 radical (unpaired) electrons. The van der Waals surface area contributed by atoms with Crippen LogP contribution in [0.15, 0.2) is 12.4 Å². The van der Waals surface area contributed by atoms with Crippen LogP contribution in [0, 0.1) is 5.92 Å². The van der Waals surface area contributed by atoms with Crippen molar-refractivity contribution in [2.75, 3.05) is 6.54 Å². The Morgan fingerprint density at radius 2 is 2.12 bits per heavy atom. The second-order valence-corrected chi connectivity index (χ2v) is 5.10. The lowest BCUT2D eigenvalue weighted by Gasteiger charge is -2.36.